The van der Waals surface area contributed by atoms with E-state index in [-0.39, 0.29) is 5.91 Å². The van der Waals surface area contributed by atoms with Crippen LogP contribution in [0.1, 0.15) is 30.3 Å². The second-order valence-electron chi connectivity index (χ2n) is 4.41. The fourth-order valence-electron chi connectivity index (χ4n) is 2.37. The summed E-state index contributed by atoms with van der Waals surface area (Å²) in [4.78, 5) is 18.6. The van der Waals surface area contributed by atoms with Crippen molar-refractivity contribution in [2.75, 3.05) is 19.6 Å². The van der Waals surface area contributed by atoms with Crippen LogP contribution in [0.4, 0.5) is 0 Å². The molecule has 5 heteroatoms. The van der Waals surface area contributed by atoms with Gasteiger partial charge in [0.2, 0.25) is 0 Å². The summed E-state index contributed by atoms with van der Waals surface area (Å²) in [5, 5.41) is 3.32. The molecule has 0 aromatic carbocycles. The molecule has 0 aliphatic carbocycles. The summed E-state index contributed by atoms with van der Waals surface area (Å²) in [5.74, 6) is 0.0249. The van der Waals surface area contributed by atoms with E-state index in [1.54, 1.807) is 6.20 Å². The van der Waals surface area contributed by atoms with Gasteiger partial charge in [-0.3, -0.25) is 4.79 Å². The van der Waals surface area contributed by atoms with Crippen LogP contribution in [0.5, 0.6) is 0 Å². The minimum atomic E-state index is 0.0249. The third-order valence-electron chi connectivity index (χ3n) is 3.31. The van der Waals surface area contributed by atoms with Crippen molar-refractivity contribution in [1.82, 2.24) is 15.2 Å². The van der Waals surface area contributed by atoms with E-state index in [0.717, 1.165) is 36.9 Å². The van der Waals surface area contributed by atoms with Crippen molar-refractivity contribution >= 4 is 21.8 Å². The molecule has 0 bridgehead atoms. The van der Waals surface area contributed by atoms with Crippen molar-refractivity contribution in [2.45, 2.75) is 25.8 Å². The summed E-state index contributed by atoms with van der Waals surface area (Å²) < 4.78 is 0.766. The van der Waals surface area contributed by atoms with Crippen LogP contribution < -0.4 is 5.32 Å². The zero-order chi connectivity index (χ0) is 13.0. The lowest BCUT2D eigenvalue weighted by Crippen LogP contribution is -2.46. The van der Waals surface area contributed by atoms with E-state index in [2.05, 4.69) is 26.2 Å². The van der Waals surface area contributed by atoms with Crippen molar-refractivity contribution in [3.05, 3.63) is 28.5 Å². The lowest BCUT2D eigenvalue weighted by Gasteiger charge is -2.33. The van der Waals surface area contributed by atoms with Gasteiger partial charge < -0.3 is 10.2 Å². The Hall–Kier alpha value is -0.940. The molecular formula is C13H18BrN3O. The minimum absolute atomic E-state index is 0.0249. The molecule has 0 spiro atoms. The maximum atomic E-state index is 12.5. The van der Waals surface area contributed by atoms with Gasteiger partial charge in [-0.25, -0.2) is 4.98 Å². The monoisotopic (exact) mass is 311 g/mol. The van der Waals surface area contributed by atoms with Crippen molar-refractivity contribution in [2.24, 2.45) is 0 Å². The van der Waals surface area contributed by atoms with Crippen LogP contribution in [0.15, 0.2) is 22.8 Å². The number of halogens is 1. The van der Waals surface area contributed by atoms with Crippen LogP contribution in [-0.4, -0.2) is 41.5 Å². The van der Waals surface area contributed by atoms with Gasteiger partial charge in [0, 0.05) is 23.3 Å². The zero-order valence-electron chi connectivity index (χ0n) is 10.5. The third-order valence-corrected chi connectivity index (χ3v) is 3.95. The molecule has 1 aromatic heterocycles. The molecule has 1 aromatic rings. The Bertz CT molecular complexity index is 418. The van der Waals surface area contributed by atoms with Crippen LogP contribution in [0, 0.1) is 0 Å². The largest absolute Gasteiger partial charge is 0.334 e. The quantitative estimate of drug-likeness (QED) is 0.929. The van der Waals surface area contributed by atoms with Crippen LogP contribution >= 0.6 is 15.9 Å². The first-order chi connectivity index (χ1) is 8.74. The van der Waals surface area contributed by atoms with E-state index in [1.165, 1.54) is 0 Å². The van der Waals surface area contributed by atoms with Gasteiger partial charge in [-0.1, -0.05) is 0 Å². The fraction of sp³-hybridized carbons (Fsp3) is 0.538. The number of amides is 1. The highest BCUT2D eigenvalue weighted by Crippen LogP contribution is 2.19. The summed E-state index contributed by atoms with van der Waals surface area (Å²) in [6.07, 6.45) is 3.70. The van der Waals surface area contributed by atoms with Gasteiger partial charge in [0.15, 0.2) is 0 Å². The maximum Gasteiger partial charge on any atom is 0.273 e. The number of hydrogen-bond acceptors (Lipinski definition) is 3. The lowest BCUT2D eigenvalue weighted by molar-refractivity contribution is 0.0649. The van der Waals surface area contributed by atoms with Crippen LogP contribution in [0.25, 0.3) is 0 Å². The Kier molecular flexibility index (Phi) is 4.72. The van der Waals surface area contributed by atoms with Crippen molar-refractivity contribution in [3.63, 3.8) is 0 Å². The summed E-state index contributed by atoms with van der Waals surface area (Å²) in [7, 11) is 0. The summed E-state index contributed by atoms with van der Waals surface area (Å²) >= 11 is 3.40. The normalized spacial score (nSPS) is 16.6. The zero-order valence-corrected chi connectivity index (χ0v) is 12.1. The number of aromatic nitrogens is 1. The summed E-state index contributed by atoms with van der Waals surface area (Å²) in [6.45, 7) is 4.72. The van der Waals surface area contributed by atoms with E-state index >= 15 is 0 Å². The van der Waals surface area contributed by atoms with Crippen LogP contribution in [0.2, 0.25) is 0 Å². The average Bonchev–Trinajstić information content (AvgIpc) is 2.41. The minimum Gasteiger partial charge on any atom is -0.334 e. The molecule has 4 nitrogen and oxygen atoms in total. The molecule has 18 heavy (non-hydrogen) atoms. The summed E-state index contributed by atoms with van der Waals surface area (Å²) in [5.41, 5.74) is 0.512. The second kappa shape index (κ2) is 6.29. The molecule has 1 aliphatic heterocycles. The van der Waals surface area contributed by atoms with Gasteiger partial charge in [0.05, 0.1) is 0 Å². The molecule has 1 amide bonds. The standard InChI is InChI=1S/C13H18BrN3O/c1-2-17(10-5-8-15-9-6-10)13(18)12-11(14)4-3-7-16-12/h3-4,7,10,15H,2,5-6,8-9H2,1H3. The van der Waals surface area contributed by atoms with Crippen molar-refractivity contribution in [3.8, 4) is 0 Å². The van der Waals surface area contributed by atoms with E-state index in [9.17, 15) is 4.79 Å². The summed E-state index contributed by atoms with van der Waals surface area (Å²) in [6, 6.07) is 4.01. The lowest BCUT2D eigenvalue weighted by atomic mass is 10.0. The van der Waals surface area contributed by atoms with Gasteiger partial charge in [-0.2, -0.15) is 0 Å². The Labute approximate surface area is 116 Å². The smallest absolute Gasteiger partial charge is 0.273 e. The second-order valence-corrected chi connectivity index (χ2v) is 5.26. The molecule has 1 fully saturated rings. The molecule has 2 rings (SSSR count). The first kappa shape index (κ1) is 13.5. The van der Waals surface area contributed by atoms with Gasteiger partial charge >= 0.3 is 0 Å². The molecule has 0 unspecified atom stereocenters. The number of nitrogens with one attached hydrogen (secondary N) is 1. The van der Waals surface area contributed by atoms with Gasteiger partial charge in [0.25, 0.3) is 5.91 Å². The fourth-order valence-corrected chi connectivity index (χ4v) is 2.79. The highest BCUT2D eigenvalue weighted by molar-refractivity contribution is 9.10. The Morgan fingerprint density at radius 1 is 1.56 bits per heavy atom. The Morgan fingerprint density at radius 2 is 2.28 bits per heavy atom. The van der Waals surface area contributed by atoms with Gasteiger partial charge in [-0.05, 0) is 60.9 Å². The first-order valence-electron chi connectivity index (χ1n) is 6.36. The predicted molar refractivity (Wildman–Crippen MR) is 74.5 cm³/mol. The average molecular weight is 312 g/mol. The van der Waals surface area contributed by atoms with E-state index in [1.807, 2.05) is 24.0 Å². The number of carbonyl (C=O) groups excluding carboxylic acids is 1. The molecule has 2 heterocycles. The molecule has 98 valence electrons. The number of nitrogens with zero attached hydrogens (tertiary/aromatic N) is 2. The van der Waals surface area contributed by atoms with Crippen LogP contribution in [-0.2, 0) is 0 Å². The topological polar surface area (TPSA) is 45.2 Å². The van der Waals surface area contributed by atoms with Gasteiger partial charge in [-0.15, -0.1) is 0 Å². The van der Waals surface area contributed by atoms with Gasteiger partial charge in [0.1, 0.15) is 5.69 Å². The predicted octanol–water partition coefficient (Wildman–Crippen LogP) is 2.06. The highest BCUT2D eigenvalue weighted by Gasteiger charge is 2.26. The number of pyridine rings is 1. The molecule has 0 atom stereocenters. The van der Waals surface area contributed by atoms with E-state index < -0.39 is 0 Å². The van der Waals surface area contributed by atoms with Crippen molar-refractivity contribution < 1.29 is 4.79 Å². The number of piperidine rings is 1. The Morgan fingerprint density at radius 3 is 2.89 bits per heavy atom. The number of carbonyl (C=O) groups is 1. The van der Waals surface area contributed by atoms with Crippen LogP contribution in [0.3, 0.4) is 0 Å². The molecule has 1 aliphatic rings. The molecule has 0 radical (unpaired) electrons. The number of hydrogen-bond donors (Lipinski definition) is 1. The number of rotatable bonds is 3. The maximum absolute atomic E-state index is 12.5. The molecule has 1 saturated heterocycles. The highest BCUT2D eigenvalue weighted by atomic mass is 79.9. The first-order valence-corrected chi connectivity index (χ1v) is 7.15. The van der Waals surface area contributed by atoms with Crippen molar-refractivity contribution in [1.29, 1.82) is 0 Å². The molecule has 1 N–H and O–H groups in total. The third kappa shape index (κ3) is 2.90. The van der Waals surface area contributed by atoms with E-state index in [4.69, 9.17) is 0 Å². The van der Waals surface area contributed by atoms with E-state index in [0.29, 0.717) is 11.7 Å². The Balaban J connectivity index is 2.17. The SMILES string of the molecule is CCN(C(=O)c1ncccc1Br)C1CCNCC1. The molecular weight excluding hydrogens is 294 g/mol. The molecule has 0 saturated carbocycles.